The van der Waals surface area contributed by atoms with Crippen LogP contribution in [-0.4, -0.2) is 42.5 Å². The molecule has 0 unspecified atom stereocenters. The van der Waals surface area contributed by atoms with Gasteiger partial charge >= 0.3 is 0 Å². The fourth-order valence-corrected chi connectivity index (χ4v) is 4.69. The highest BCUT2D eigenvalue weighted by atomic mass is 32.2. The van der Waals surface area contributed by atoms with Gasteiger partial charge in [0.2, 0.25) is 0 Å². The maximum Gasteiger partial charge on any atom is 0.144 e. The normalized spacial score (nSPS) is 16.0. The zero-order chi connectivity index (χ0) is 15.4. The number of rotatable bonds is 6. The van der Waals surface area contributed by atoms with Gasteiger partial charge in [-0.15, -0.1) is 0 Å². The minimum atomic E-state index is 0.941. The fourth-order valence-electron chi connectivity index (χ4n) is 2.37. The Morgan fingerprint density at radius 1 is 1.18 bits per heavy atom. The standard InChI is InChI=1S/C14H19N5S3/c1-3-4-7-11-13(17-21-15-11)20-14-12(16-22-18-14)10-6-5-8-19(2)9-10/h6H,3-5,7-9H2,1-2H3. The zero-order valence-corrected chi connectivity index (χ0v) is 15.2. The highest BCUT2D eigenvalue weighted by Crippen LogP contribution is 2.34. The molecule has 0 spiro atoms. The molecule has 2 aromatic heterocycles. The van der Waals surface area contributed by atoms with E-state index in [0.717, 1.165) is 53.8 Å². The highest BCUT2D eigenvalue weighted by Gasteiger charge is 2.20. The van der Waals surface area contributed by atoms with E-state index in [1.54, 1.807) is 11.8 Å². The monoisotopic (exact) mass is 353 g/mol. The van der Waals surface area contributed by atoms with Crippen molar-refractivity contribution in [3.05, 3.63) is 17.5 Å². The van der Waals surface area contributed by atoms with Crippen LogP contribution in [0.2, 0.25) is 0 Å². The van der Waals surface area contributed by atoms with E-state index in [-0.39, 0.29) is 0 Å². The maximum absolute atomic E-state index is 4.52. The van der Waals surface area contributed by atoms with Crippen LogP contribution in [0.4, 0.5) is 0 Å². The summed E-state index contributed by atoms with van der Waals surface area (Å²) >= 11 is 4.19. The first-order valence-corrected chi connectivity index (χ1v) is 9.75. The predicted molar refractivity (Wildman–Crippen MR) is 92.6 cm³/mol. The molecule has 5 nitrogen and oxygen atoms in total. The molecule has 22 heavy (non-hydrogen) atoms. The Morgan fingerprint density at radius 3 is 2.82 bits per heavy atom. The summed E-state index contributed by atoms with van der Waals surface area (Å²) < 4.78 is 17.9. The van der Waals surface area contributed by atoms with Crippen LogP contribution in [0.3, 0.4) is 0 Å². The Kier molecular flexibility index (Phi) is 5.56. The van der Waals surface area contributed by atoms with Crippen molar-refractivity contribution in [2.24, 2.45) is 0 Å². The first-order valence-electron chi connectivity index (χ1n) is 7.47. The molecule has 0 N–H and O–H groups in total. The van der Waals surface area contributed by atoms with Crippen molar-refractivity contribution in [1.82, 2.24) is 22.4 Å². The van der Waals surface area contributed by atoms with Gasteiger partial charge in [-0.25, -0.2) is 0 Å². The predicted octanol–water partition coefficient (Wildman–Crippen LogP) is 3.60. The van der Waals surface area contributed by atoms with E-state index in [0.29, 0.717) is 0 Å². The second-order valence-corrected chi connectivity index (χ2v) is 7.43. The van der Waals surface area contributed by atoms with Crippen LogP contribution in [0.25, 0.3) is 5.57 Å². The molecule has 3 rings (SSSR count). The first-order chi connectivity index (χ1) is 10.8. The first kappa shape index (κ1) is 16.0. The Labute approximate surface area is 143 Å². The topological polar surface area (TPSA) is 54.8 Å². The van der Waals surface area contributed by atoms with Crippen molar-refractivity contribution >= 4 is 40.8 Å². The second-order valence-electron chi connectivity index (χ2n) is 5.40. The molecule has 118 valence electrons. The quantitative estimate of drug-likeness (QED) is 0.791. The largest absolute Gasteiger partial charge is 0.302 e. The molecule has 0 atom stereocenters. The Balaban J connectivity index is 1.78. The Bertz CT molecular complexity index is 648. The summed E-state index contributed by atoms with van der Waals surface area (Å²) in [6, 6.07) is 0. The van der Waals surface area contributed by atoms with Crippen LogP contribution in [0.5, 0.6) is 0 Å². The molecule has 8 heteroatoms. The van der Waals surface area contributed by atoms with Crippen LogP contribution in [0.1, 0.15) is 37.6 Å². The van der Waals surface area contributed by atoms with Gasteiger partial charge < -0.3 is 4.90 Å². The minimum Gasteiger partial charge on any atom is -0.302 e. The molecule has 0 fully saturated rings. The van der Waals surface area contributed by atoms with Crippen molar-refractivity contribution in [2.75, 3.05) is 20.1 Å². The molecule has 3 heterocycles. The van der Waals surface area contributed by atoms with Crippen LogP contribution in [-0.2, 0) is 6.42 Å². The second kappa shape index (κ2) is 7.63. The van der Waals surface area contributed by atoms with Gasteiger partial charge in [-0.3, -0.25) is 0 Å². The molecule has 0 aromatic carbocycles. The van der Waals surface area contributed by atoms with E-state index in [9.17, 15) is 0 Å². The van der Waals surface area contributed by atoms with Crippen LogP contribution >= 0.6 is 35.2 Å². The van der Waals surface area contributed by atoms with E-state index in [2.05, 4.69) is 42.4 Å². The Morgan fingerprint density at radius 2 is 2.00 bits per heavy atom. The molecule has 0 saturated heterocycles. The lowest BCUT2D eigenvalue weighted by atomic mass is 10.1. The van der Waals surface area contributed by atoms with Crippen LogP contribution in [0, 0.1) is 0 Å². The SMILES string of the molecule is CCCCc1nsnc1Sc1nsnc1C1=CCCN(C)C1. The third-order valence-electron chi connectivity index (χ3n) is 3.59. The fraction of sp³-hybridized carbons (Fsp3) is 0.571. The van der Waals surface area contributed by atoms with E-state index >= 15 is 0 Å². The van der Waals surface area contributed by atoms with Gasteiger partial charge in [-0.05, 0) is 43.6 Å². The lowest BCUT2D eigenvalue weighted by molar-refractivity contribution is 0.372. The molecule has 2 aromatic rings. The van der Waals surface area contributed by atoms with Gasteiger partial charge in [-0.1, -0.05) is 19.4 Å². The van der Waals surface area contributed by atoms with Crippen LogP contribution < -0.4 is 0 Å². The average molecular weight is 354 g/mol. The van der Waals surface area contributed by atoms with Gasteiger partial charge in [0.05, 0.1) is 29.2 Å². The van der Waals surface area contributed by atoms with Crippen LogP contribution in [0.15, 0.2) is 16.1 Å². The number of aryl methyl sites for hydroxylation is 1. The third-order valence-corrected chi connectivity index (χ3v) is 5.91. The van der Waals surface area contributed by atoms with Gasteiger partial charge in [0.1, 0.15) is 15.7 Å². The average Bonchev–Trinajstić information content (AvgIpc) is 3.15. The van der Waals surface area contributed by atoms with E-state index in [4.69, 9.17) is 0 Å². The van der Waals surface area contributed by atoms with Crippen molar-refractivity contribution < 1.29 is 0 Å². The molecule has 0 aliphatic carbocycles. The molecule has 1 aliphatic heterocycles. The number of hydrogen-bond acceptors (Lipinski definition) is 8. The summed E-state index contributed by atoms with van der Waals surface area (Å²) in [6.07, 6.45) is 6.68. The van der Waals surface area contributed by atoms with Gasteiger partial charge in [0, 0.05) is 13.1 Å². The van der Waals surface area contributed by atoms with Crippen molar-refractivity contribution in [2.45, 2.75) is 42.7 Å². The third kappa shape index (κ3) is 3.73. The lowest BCUT2D eigenvalue weighted by Gasteiger charge is -2.22. The molecular weight excluding hydrogens is 334 g/mol. The molecule has 0 bridgehead atoms. The molecular formula is C14H19N5S3. The van der Waals surface area contributed by atoms with Gasteiger partial charge in [-0.2, -0.15) is 17.5 Å². The molecule has 1 aliphatic rings. The summed E-state index contributed by atoms with van der Waals surface area (Å²) in [7, 11) is 2.15. The zero-order valence-electron chi connectivity index (χ0n) is 12.8. The molecule has 0 amide bonds. The van der Waals surface area contributed by atoms with Crippen molar-refractivity contribution in [1.29, 1.82) is 0 Å². The van der Waals surface area contributed by atoms with Crippen molar-refractivity contribution in [3.63, 3.8) is 0 Å². The number of nitrogens with zero attached hydrogens (tertiary/aromatic N) is 5. The van der Waals surface area contributed by atoms with E-state index in [1.165, 1.54) is 35.5 Å². The summed E-state index contributed by atoms with van der Waals surface area (Å²) in [5.41, 5.74) is 3.41. The smallest absolute Gasteiger partial charge is 0.144 e. The molecule has 0 saturated carbocycles. The van der Waals surface area contributed by atoms with E-state index in [1.807, 2.05) is 0 Å². The van der Waals surface area contributed by atoms with Crippen molar-refractivity contribution in [3.8, 4) is 0 Å². The van der Waals surface area contributed by atoms with Gasteiger partial charge in [0.25, 0.3) is 0 Å². The molecule has 0 radical (unpaired) electrons. The maximum atomic E-state index is 4.52. The number of aromatic nitrogens is 4. The summed E-state index contributed by atoms with van der Waals surface area (Å²) in [4.78, 5) is 2.32. The number of unbranched alkanes of at least 4 members (excludes halogenated alkanes) is 1. The summed E-state index contributed by atoms with van der Waals surface area (Å²) in [5, 5.41) is 1.97. The summed E-state index contributed by atoms with van der Waals surface area (Å²) in [6.45, 7) is 4.25. The lowest BCUT2D eigenvalue weighted by Crippen LogP contribution is -2.25. The Hall–Kier alpha value is -0.830. The number of hydrogen-bond donors (Lipinski definition) is 0. The minimum absolute atomic E-state index is 0.941. The number of likely N-dealkylation sites (N-methyl/N-ethyl adjacent to an activating group) is 1. The highest BCUT2D eigenvalue weighted by molar-refractivity contribution is 7.99. The van der Waals surface area contributed by atoms with E-state index < -0.39 is 0 Å². The van der Waals surface area contributed by atoms with Gasteiger partial charge in [0.15, 0.2) is 0 Å². The summed E-state index contributed by atoms with van der Waals surface area (Å²) in [5.74, 6) is 0.